The lowest BCUT2D eigenvalue weighted by atomic mass is 10.4. The Bertz CT molecular complexity index is 238. The molecule has 1 aromatic heterocycles. The fourth-order valence-corrected chi connectivity index (χ4v) is 1.23. The lowest BCUT2D eigenvalue weighted by Crippen LogP contribution is -1.80. The van der Waals surface area contributed by atoms with Crippen LogP contribution in [0.25, 0.3) is 6.08 Å². The zero-order valence-electron chi connectivity index (χ0n) is 5.37. The van der Waals surface area contributed by atoms with Crippen LogP contribution in [0, 0.1) is 0 Å². The summed E-state index contributed by atoms with van der Waals surface area (Å²) >= 11 is 1.31. The van der Waals surface area contributed by atoms with Crippen LogP contribution in [-0.4, -0.2) is 11.7 Å². The second kappa shape index (κ2) is 2.62. The monoisotopic (exact) mass is 153 g/mol. The van der Waals surface area contributed by atoms with Crippen LogP contribution in [0.5, 0.6) is 0 Å². The van der Waals surface area contributed by atoms with Crippen molar-refractivity contribution < 1.29 is 0 Å². The minimum atomic E-state index is 0.498. The van der Waals surface area contributed by atoms with Gasteiger partial charge in [-0.1, -0.05) is 17.9 Å². The van der Waals surface area contributed by atoms with Gasteiger partial charge in [0.05, 0.1) is 0 Å². The van der Waals surface area contributed by atoms with Crippen molar-refractivity contribution in [2.24, 2.45) is 4.99 Å². The van der Waals surface area contributed by atoms with Crippen molar-refractivity contribution in [1.82, 2.24) is 4.98 Å². The maximum absolute atomic E-state index is 5.40. The lowest BCUT2D eigenvalue weighted by molar-refractivity contribution is 1.37. The van der Waals surface area contributed by atoms with E-state index in [2.05, 4.69) is 23.3 Å². The molecule has 3 nitrogen and oxygen atoms in total. The highest BCUT2D eigenvalue weighted by molar-refractivity contribution is 7.19. The number of aromatic nitrogens is 1. The molecule has 0 aliphatic carbocycles. The molecule has 52 valence electrons. The zero-order chi connectivity index (χ0) is 7.56. The van der Waals surface area contributed by atoms with Gasteiger partial charge < -0.3 is 5.73 Å². The van der Waals surface area contributed by atoms with Crippen LogP contribution < -0.4 is 5.73 Å². The van der Waals surface area contributed by atoms with Crippen LogP contribution in [0.2, 0.25) is 0 Å². The van der Waals surface area contributed by atoms with E-state index in [-0.39, 0.29) is 0 Å². The highest BCUT2D eigenvalue weighted by Crippen LogP contribution is 2.28. The van der Waals surface area contributed by atoms with E-state index in [1.54, 1.807) is 6.08 Å². The third kappa shape index (κ3) is 1.06. The Kier molecular flexibility index (Phi) is 1.82. The fourth-order valence-electron chi connectivity index (χ4n) is 0.587. The molecule has 0 atom stereocenters. The van der Waals surface area contributed by atoms with E-state index in [0.29, 0.717) is 10.8 Å². The standard InChI is InChI=1S/C6H7N3S/c1-3-4-5(8-2)10-6(7)9-4/h3H,1-2H2,(H2,7,9). The first kappa shape index (κ1) is 6.95. The second-order valence-electron chi connectivity index (χ2n) is 1.60. The summed E-state index contributed by atoms with van der Waals surface area (Å²) < 4.78 is 0. The van der Waals surface area contributed by atoms with Gasteiger partial charge in [0.2, 0.25) is 0 Å². The van der Waals surface area contributed by atoms with Gasteiger partial charge >= 0.3 is 0 Å². The topological polar surface area (TPSA) is 51.3 Å². The van der Waals surface area contributed by atoms with E-state index in [1.165, 1.54) is 11.3 Å². The van der Waals surface area contributed by atoms with Gasteiger partial charge in [-0.3, -0.25) is 4.99 Å². The Balaban J connectivity index is 3.20. The fraction of sp³-hybridized carbons (Fsp3) is 0. The number of aliphatic imine (C=N–C) groups is 1. The quantitative estimate of drug-likeness (QED) is 0.657. The predicted octanol–water partition coefficient (Wildman–Crippen LogP) is 1.70. The number of nitrogens with two attached hydrogens (primary N) is 1. The van der Waals surface area contributed by atoms with E-state index in [9.17, 15) is 0 Å². The van der Waals surface area contributed by atoms with E-state index >= 15 is 0 Å². The number of rotatable bonds is 2. The van der Waals surface area contributed by atoms with Crippen molar-refractivity contribution in [1.29, 1.82) is 0 Å². The molecule has 1 aromatic rings. The SMILES string of the molecule is C=Cc1nc(N)sc1N=C. The van der Waals surface area contributed by atoms with E-state index < -0.39 is 0 Å². The summed E-state index contributed by atoms with van der Waals surface area (Å²) in [7, 11) is 0. The van der Waals surface area contributed by atoms with Crippen molar-refractivity contribution in [2.75, 3.05) is 5.73 Å². The molecule has 0 amide bonds. The average Bonchev–Trinajstić information content (AvgIpc) is 2.30. The third-order valence-corrected chi connectivity index (χ3v) is 1.82. The Hall–Kier alpha value is -1.16. The molecule has 0 unspecified atom stereocenters. The van der Waals surface area contributed by atoms with E-state index in [0.717, 1.165) is 5.00 Å². The Morgan fingerprint density at radius 3 is 2.80 bits per heavy atom. The molecule has 1 rings (SSSR count). The molecule has 0 saturated heterocycles. The molecule has 1 heterocycles. The molecule has 0 saturated carbocycles. The van der Waals surface area contributed by atoms with Gasteiger partial charge in [-0.15, -0.1) is 0 Å². The molecule has 0 fully saturated rings. The summed E-state index contributed by atoms with van der Waals surface area (Å²) in [4.78, 5) is 7.66. The Morgan fingerprint density at radius 1 is 1.70 bits per heavy atom. The maximum Gasteiger partial charge on any atom is 0.182 e. The number of thiazole rings is 1. The number of anilines is 1. The van der Waals surface area contributed by atoms with Crippen LogP contribution in [0.4, 0.5) is 10.1 Å². The van der Waals surface area contributed by atoms with Crippen LogP contribution in [0.1, 0.15) is 5.69 Å². The van der Waals surface area contributed by atoms with Crippen LogP contribution in [0.3, 0.4) is 0 Å². The minimum Gasteiger partial charge on any atom is -0.375 e. The van der Waals surface area contributed by atoms with Crippen LogP contribution >= 0.6 is 11.3 Å². The highest BCUT2D eigenvalue weighted by atomic mass is 32.1. The lowest BCUT2D eigenvalue weighted by Gasteiger charge is -1.82. The summed E-state index contributed by atoms with van der Waals surface area (Å²) in [5.74, 6) is 0. The Labute approximate surface area is 62.9 Å². The first-order valence-electron chi connectivity index (χ1n) is 2.63. The molecule has 0 aromatic carbocycles. The van der Waals surface area contributed by atoms with Crippen molar-refractivity contribution in [3.05, 3.63) is 12.3 Å². The van der Waals surface area contributed by atoms with Crippen molar-refractivity contribution in [2.45, 2.75) is 0 Å². The van der Waals surface area contributed by atoms with Gasteiger partial charge in [0.15, 0.2) is 5.13 Å². The number of nitrogen functional groups attached to an aromatic ring is 1. The Morgan fingerprint density at radius 2 is 2.40 bits per heavy atom. The zero-order valence-corrected chi connectivity index (χ0v) is 6.19. The number of hydrogen-bond donors (Lipinski definition) is 1. The van der Waals surface area contributed by atoms with E-state index in [4.69, 9.17) is 5.73 Å². The highest BCUT2D eigenvalue weighted by Gasteiger charge is 2.02. The van der Waals surface area contributed by atoms with Gasteiger partial charge in [0, 0.05) is 0 Å². The molecule has 10 heavy (non-hydrogen) atoms. The first-order chi connectivity index (χ1) is 4.77. The van der Waals surface area contributed by atoms with Gasteiger partial charge in [-0.2, -0.15) is 0 Å². The first-order valence-corrected chi connectivity index (χ1v) is 3.45. The largest absolute Gasteiger partial charge is 0.375 e. The molecule has 0 bridgehead atoms. The van der Waals surface area contributed by atoms with Gasteiger partial charge in [-0.05, 0) is 12.8 Å². The second-order valence-corrected chi connectivity index (χ2v) is 2.61. The van der Waals surface area contributed by atoms with Crippen LogP contribution in [-0.2, 0) is 0 Å². The van der Waals surface area contributed by atoms with Crippen molar-refractivity contribution in [3.63, 3.8) is 0 Å². The smallest absolute Gasteiger partial charge is 0.182 e. The van der Waals surface area contributed by atoms with Crippen molar-refractivity contribution >= 4 is 34.3 Å². The third-order valence-electron chi connectivity index (χ3n) is 0.988. The minimum absolute atomic E-state index is 0.498. The summed E-state index contributed by atoms with van der Waals surface area (Å²) in [6.07, 6.45) is 1.61. The maximum atomic E-state index is 5.40. The summed E-state index contributed by atoms with van der Waals surface area (Å²) in [5.41, 5.74) is 6.11. The molecule has 4 heteroatoms. The number of hydrogen-bond acceptors (Lipinski definition) is 4. The molecule has 0 spiro atoms. The normalized spacial score (nSPS) is 9.20. The summed E-state index contributed by atoms with van der Waals surface area (Å²) in [5, 5.41) is 1.23. The molecular weight excluding hydrogens is 146 g/mol. The number of nitrogens with zero attached hydrogens (tertiary/aromatic N) is 2. The summed E-state index contributed by atoms with van der Waals surface area (Å²) in [6.45, 7) is 6.92. The van der Waals surface area contributed by atoms with Gasteiger partial charge in [0.1, 0.15) is 10.7 Å². The van der Waals surface area contributed by atoms with Crippen LogP contribution in [0.15, 0.2) is 11.6 Å². The molecule has 0 radical (unpaired) electrons. The average molecular weight is 153 g/mol. The molecule has 2 N–H and O–H groups in total. The molecule has 0 aliphatic rings. The van der Waals surface area contributed by atoms with E-state index in [1.807, 2.05) is 0 Å². The van der Waals surface area contributed by atoms with Gasteiger partial charge in [0.25, 0.3) is 0 Å². The summed E-state index contributed by atoms with van der Waals surface area (Å²) in [6, 6.07) is 0. The van der Waals surface area contributed by atoms with Crippen molar-refractivity contribution in [3.8, 4) is 0 Å². The predicted molar refractivity (Wildman–Crippen MR) is 45.8 cm³/mol. The molecule has 0 aliphatic heterocycles. The molecular formula is C6H7N3S. The van der Waals surface area contributed by atoms with Gasteiger partial charge in [-0.25, -0.2) is 4.98 Å².